The molecule has 0 nitrogen and oxygen atoms in total. The molecule has 0 aromatic heterocycles. The lowest BCUT2D eigenvalue weighted by Gasteiger charge is -2.30. The zero-order chi connectivity index (χ0) is 21.2. The van der Waals surface area contributed by atoms with Crippen LogP contribution in [0, 0.1) is 5.41 Å². The van der Waals surface area contributed by atoms with E-state index in [4.69, 9.17) is 0 Å². The van der Waals surface area contributed by atoms with Crippen LogP contribution in [0.3, 0.4) is 0 Å². The van der Waals surface area contributed by atoms with Gasteiger partial charge in [0.2, 0.25) is 0 Å². The van der Waals surface area contributed by atoms with Crippen molar-refractivity contribution in [2.24, 2.45) is 5.41 Å². The fourth-order valence-corrected chi connectivity index (χ4v) is 9.09. The highest BCUT2D eigenvalue weighted by atomic mass is 28.3. The molecule has 2 unspecified atom stereocenters. The largest absolute Gasteiger partial charge is 0.0750 e. The second-order valence-electron chi connectivity index (χ2n) is 11.6. The number of rotatable bonds is 4. The molecule has 4 rings (SSSR count). The Balaban J connectivity index is 1.88. The summed E-state index contributed by atoms with van der Waals surface area (Å²) in [5, 5.41) is 0. The SMILES string of the molecule is CC(C)(C1=CC([Si](C)(C)C)c2ccccc21)C1=CC([Si](C)(C)C)c2ccccc21. The van der Waals surface area contributed by atoms with Gasteiger partial charge in [-0.3, -0.25) is 0 Å². The quantitative estimate of drug-likeness (QED) is 0.441. The summed E-state index contributed by atoms with van der Waals surface area (Å²) in [5.41, 5.74) is 10.4. The summed E-state index contributed by atoms with van der Waals surface area (Å²) in [6.07, 6.45) is 5.28. The lowest BCUT2D eigenvalue weighted by atomic mass is 9.73. The van der Waals surface area contributed by atoms with Crippen LogP contribution in [0.2, 0.25) is 39.3 Å². The van der Waals surface area contributed by atoms with Gasteiger partial charge in [0.05, 0.1) is 16.1 Å². The van der Waals surface area contributed by atoms with Crippen LogP contribution in [-0.4, -0.2) is 16.1 Å². The first-order chi connectivity index (χ1) is 13.4. The Morgan fingerprint density at radius 2 is 0.931 bits per heavy atom. The Morgan fingerprint density at radius 3 is 1.28 bits per heavy atom. The molecule has 0 N–H and O–H groups in total. The fraction of sp³-hybridized carbons (Fsp3) is 0.407. The fourth-order valence-electron chi connectivity index (χ4n) is 5.39. The summed E-state index contributed by atoms with van der Waals surface area (Å²) >= 11 is 0. The van der Waals surface area contributed by atoms with Gasteiger partial charge in [-0.1, -0.05) is 114 Å². The highest BCUT2D eigenvalue weighted by molar-refractivity contribution is 6.78. The number of hydrogen-bond donors (Lipinski definition) is 0. The van der Waals surface area contributed by atoms with E-state index in [0.29, 0.717) is 11.1 Å². The highest BCUT2D eigenvalue weighted by Gasteiger charge is 2.43. The number of benzene rings is 2. The van der Waals surface area contributed by atoms with E-state index >= 15 is 0 Å². The summed E-state index contributed by atoms with van der Waals surface area (Å²) in [6, 6.07) is 18.4. The molecule has 2 aromatic rings. The van der Waals surface area contributed by atoms with Gasteiger partial charge in [-0.15, -0.1) is 0 Å². The van der Waals surface area contributed by atoms with Crippen LogP contribution in [-0.2, 0) is 0 Å². The third kappa shape index (κ3) is 3.35. The first kappa shape index (κ1) is 20.6. The minimum atomic E-state index is -1.34. The Kier molecular flexibility index (Phi) is 4.75. The van der Waals surface area contributed by atoms with Gasteiger partial charge in [0.15, 0.2) is 0 Å². The van der Waals surface area contributed by atoms with E-state index in [-0.39, 0.29) is 5.41 Å². The molecule has 2 atom stereocenters. The molecule has 0 saturated heterocycles. The maximum Gasteiger partial charge on any atom is 0.0566 e. The first-order valence-corrected chi connectivity index (χ1v) is 18.2. The first-order valence-electron chi connectivity index (χ1n) is 11.1. The molecule has 29 heavy (non-hydrogen) atoms. The van der Waals surface area contributed by atoms with Crippen LogP contribution in [0.15, 0.2) is 60.7 Å². The Bertz CT molecular complexity index is 928. The van der Waals surface area contributed by atoms with Gasteiger partial charge in [-0.05, 0) is 44.5 Å². The maximum absolute atomic E-state index is 2.64. The molecule has 0 aliphatic heterocycles. The summed E-state index contributed by atoms with van der Waals surface area (Å²) in [7, 11) is -2.68. The van der Waals surface area contributed by atoms with E-state index in [0.717, 1.165) is 0 Å². The maximum atomic E-state index is 2.64. The normalized spacial score (nSPS) is 21.5. The van der Waals surface area contributed by atoms with Gasteiger partial charge in [-0.25, -0.2) is 0 Å². The zero-order valence-electron chi connectivity index (χ0n) is 19.4. The van der Waals surface area contributed by atoms with Crippen molar-refractivity contribution in [1.29, 1.82) is 0 Å². The molecule has 0 bridgehead atoms. The lowest BCUT2D eigenvalue weighted by Crippen LogP contribution is -2.28. The molecule has 2 heteroatoms. The van der Waals surface area contributed by atoms with E-state index < -0.39 is 16.1 Å². The van der Waals surface area contributed by atoms with Crippen molar-refractivity contribution in [1.82, 2.24) is 0 Å². The van der Waals surface area contributed by atoms with Crippen molar-refractivity contribution in [2.45, 2.75) is 64.2 Å². The summed E-state index contributed by atoms with van der Waals surface area (Å²) < 4.78 is 0. The molecular weight excluding hydrogens is 380 g/mol. The molecule has 2 aliphatic carbocycles. The van der Waals surface area contributed by atoms with Gasteiger partial charge >= 0.3 is 0 Å². The number of fused-ring (bicyclic) bond motifs is 2. The van der Waals surface area contributed by atoms with Gasteiger partial charge in [0.25, 0.3) is 0 Å². The van der Waals surface area contributed by atoms with Crippen molar-refractivity contribution in [3.05, 3.63) is 82.9 Å². The van der Waals surface area contributed by atoms with E-state index in [9.17, 15) is 0 Å². The van der Waals surface area contributed by atoms with E-state index in [1.807, 2.05) is 0 Å². The van der Waals surface area contributed by atoms with Crippen molar-refractivity contribution in [3.8, 4) is 0 Å². The third-order valence-corrected chi connectivity index (χ3v) is 11.7. The number of hydrogen-bond acceptors (Lipinski definition) is 0. The molecule has 0 radical (unpaired) electrons. The van der Waals surface area contributed by atoms with Crippen molar-refractivity contribution >= 4 is 27.3 Å². The molecule has 2 aromatic carbocycles. The van der Waals surface area contributed by atoms with Crippen LogP contribution >= 0.6 is 0 Å². The average molecular weight is 417 g/mol. The molecule has 0 heterocycles. The van der Waals surface area contributed by atoms with Crippen LogP contribution < -0.4 is 0 Å². The molecule has 0 spiro atoms. The van der Waals surface area contributed by atoms with E-state index in [1.54, 1.807) is 11.1 Å². The van der Waals surface area contributed by atoms with Gasteiger partial charge < -0.3 is 0 Å². The van der Waals surface area contributed by atoms with Crippen molar-refractivity contribution in [2.75, 3.05) is 0 Å². The Hall–Kier alpha value is -1.65. The lowest BCUT2D eigenvalue weighted by molar-refractivity contribution is 0.675. The Morgan fingerprint density at radius 1 is 0.586 bits per heavy atom. The predicted octanol–water partition coefficient (Wildman–Crippen LogP) is 8.13. The zero-order valence-corrected chi connectivity index (χ0v) is 21.4. The summed E-state index contributed by atoms with van der Waals surface area (Å²) in [4.78, 5) is 0. The second-order valence-corrected chi connectivity index (χ2v) is 22.4. The van der Waals surface area contributed by atoms with E-state index in [2.05, 4.69) is 114 Å². The van der Waals surface area contributed by atoms with Crippen LogP contribution in [0.4, 0.5) is 0 Å². The third-order valence-electron chi connectivity index (χ3n) is 7.05. The highest BCUT2D eigenvalue weighted by Crippen LogP contribution is 2.56. The summed E-state index contributed by atoms with van der Waals surface area (Å²) in [6.45, 7) is 19.9. The molecule has 2 aliphatic rings. The Labute approximate surface area is 179 Å². The van der Waals surface area contributed by atoms with Gasteiger partial charge in [-0.2, -0.15) is 0 Å². The summed E-state index contributed by atoms with van der Waals surface area (Å²) in [5.74, 6) is 0. The standard InChI is InChI=1S/C27H36Si2/c1-27(2,23-17-25(28(3,4)5)21-15-11-9-13-19(21)23)24-18-26(29(6,7)8)22-16-12-10-14-20(22)24/h9-18,25-26H,1-8H3. The monoisotopic (exact) mass is 416 g/mol. The molecule has 152 valence electrons. The van der Waals surface area contributed by atoms with Gasteiger partial charge in [0.1, 0.15) is 0 Å². The molecule has 0 saturated carbocycles. The average Bonchev–Trinajstić information content (AvgIpc) is 3.21. The van der Waals surface area contributed by atoms with Crippen LogP contribution in [0.5, 0.6) is 0 Å². The van der Waals surface area contributed by atoms with Crippen LogP contribution in [0.1, 0.15) is 47.2 Å². The van der Waals surface area contributed by atoms with Gasteiger partial charge in [0, 0.05) is 5.41 Å². The van der Waals surface area contributed by atoms with Crippen LogP contribution in [0.25, 0.3) is 11.1 Å². The topological polar surface area (TPSA) is 0 Å². The number of allylic oxidation sites excluding steroid dienone is 4. The van der Waals surface area contributed by atoms with E-state index in [1.165, 1.54) is 22.3 Å². The molecular formula is C27H36Si2. The predicted molar refractivity (Wildman–Crippen MR) is 135 cm³/mol. The molecule has 0 amide bonds. The smallest absolute Gasteiger partial charge is 0.0566 e. The second kappa shape index (κ2) is 6.68. The van der Waals surface area contributed by atoms with Crippen molar-refractivity contribution < 1.29 is 0 Å². The van der Waals surface area contributed by atoms with Crippen molar-refractivity contribution in [3.63, 3.8) is 0 Å². The minimum Gasteiger partial charge on any atom is -0.0750 e. The minimum absolute atomic E-state index is 0.00894. The molecule has 0 fully saturated rings.